The van der Waals surface area contributed by atoms with Crippen LogP contribution in [-0.4, -0.2) is 42.7 Å². The lowest BCUT2D eigenvalue weighted by Gasteiger charge is -2.19. The van der Waals surface area contributed by atoms with E-state index in [2.05, 4.69) is 5.32 Å². The van der Waals surface area contributed by atoms with Crippen LogP contribution < -0.4 is 10.1 Å². The number of nitriles is 1. The largest absolute Gasteiger partial charge is 0.494 e. The van der Waals surface area contributed by atoms with E-state index in [-0.39, 0.29) is 18.2 Å². The highest BCUT2D eigenvalue weighted by Gasteiger charge is 2.17. The fourth-order valence-corrected chi connectivity index (χ4v) is 2.23. The zero-order valence-corrected chi connectivity index (χ0v) is 14.7. The first-order valence-electron chi connectivity index (χ1n) is 7.90. The summed E-state index contributed by atoms with van der Waals surface area (Å²) in [6.07, 6.45) is 1.43. The third-order valence-electron chi connectivity index (χ3n) is 3.45. The summed E-state index contributed by atoms with van der Waals surface area (Å²) >= 11 is 0. The molecule has 0 fully saturated rings. The van der Waals surface area contributed by atoms with Crippen LogP contribution in [0.5, 0.6) is 5.75 Å². The molecule has 0 aliphatic heterocycles. The molecule has 1 aromatic carbocycles. The molecule has 2 N–H and O–H groups in total. The summed E-state index contributed by atoms with van der Waals surface area (Å²) in [5.74, 6) is 0.259. The molecule has 1 unspecified atom stereocenters. The van der Waals surface area contributed by atoms with Crippen LogP contribution in [0.2, 0.25) is 0 Å². The Hall–Kier alpha value is -2.52. The number of amides is 1. The van der Waals surface area contributed by atoms with Crippen LogP contribution in [0.4, 0.5) is 0 Å². The highest BCUT2D eigenvalue weighted by molar-refractivity contribution is 5.97. The van der Waals surface area contributed by atoms with E-state index in [0.717, 1.165) is 16.9 Å². The lowest BCUT2D eigenvalue weighted by molar-refractivity contribution is -0.117. The number of aliphatic hydroxyl groups is 1. The van der Waals surface area contributed by atoms with Gasteiger partial charge in [-0.1, -0.05) is 17.7 Å². The number of carbonyl (C=O) groups excluding carboxylic acids is 1. The van der Waals surface area contributed by atoms with Crippen LogP contribution in [0.3, 0.4) is 0 Å². The van der Waals surface area contributed by atoms with E-state index in [1.807, 2.05) is 45.0 Å². The van der Waals surface area contributed by atoms with E-state index in [0.29, 0.717) is 13.2 Å². The monoisotopic (exact) mass is 331 g/mol. The van der Waals surface area contributed by atoms with Crippen molar-refractivity contribution in [1.82, 2.24) is 10.2 Å². The van der Waals surface area contributed by atoms with Gasteiger partial charge in [0.05, 0.1) is 19.3 Å². The summed E-state index contributed by atoms with van der Waals surface area (Å²) < 4.78 is 5.61. The van der Waals surface area contributed by atoms with Crippen molar-refractivity contribution in [2.45, 2.75) is 26.8 Å². The van der Waals surface area contributed by atoms with Crippen molar-refractivity contribution < 1.29 is 14.6 Å². The fourth-order valence-electron chi connectivity index (χ4n) is 2.23. The van der Waals surface area contributed by atoms with Crippen molar-refractivity contribution in [3.63, 3.8) is 0 Å². The third kappa shape index (κ3) is 5.60. The van der Waals surface area contributed by atoms with Crippen molar-refractivity contribution in [3.05, 3.63) is 41.1 Å². The average Bonchev–Trinajstić information content (AvgIpc) is 2.54. The molecule has 130 valence electrons. The molecule has 1 amide bonds. The smallest absolute Gasteiger partial charge is 0.263 e. The molecule has 1 aromatic rings. The first kappa shape index (κ1) is 19.5. The van der Waals surface area contributed by atoms with E-state index < -0.39 is 5.91 Å². The molecule has 0 radical (unpaired) electrons. The van der Waals surface area contributed by atoms with Gasteiger partial charge in [0.1, 0.15) is 17.4 Å². The standard InChI is InChI=1S/C18H25N3O3/c1-5-24-17-7-6-13(2)10-16(17)14(3)20-18(23)15(11-19)12-21(4)8-9-22/h6-7,10,12,14,22H,5,8-9H2,1-4H3,(H,20,23)/b15-12-. The zero-order chi connectivity index (χ0) is 18.1. The van der Waals surface area contributed by atoms with Crippen LogP contribution in [-0.2, 0) is 4.79 Å². The third-order valence-corrected chi connectivity index (χ3v) is 3.45. The average molecular weight is 331 g/mol. The number of benzene rings is 1. The van der Waals surface area contributed by atoms with E-state index in [1.54, 1.807) is 11.9 Å². The van der Waals surface area contributed by atoms with E-state index in [1.165, 1.54) is 6.20 Å². The van der Waals surface area contributed by atoms with E-state index in [4.69, 9.17) is 9.84 Å². The van der Waals surface area contributed by atoms with Crippen molar-refractivity contribution in [1.29, 1.82) is 5.26 Å². The number of carbonyl (C=O) groups is 1. The minimum atomic E-state index is -0.459. The maximum absolute atomic E-state index is 12.3. The Bertz CT molecular complexity index is 635. The van der Waals surface area contributed by atoms with Crippen LogP contribution in [0.15, 0.2) is 30.0 Å². The van der Waals surface area contributed by atoms with Crippen LogP contribution in [0.1, 0.15) is 31.0 Å². The van der Waals surface area contributed by atoms with E-state index >= 15 is 0 Å². The Morgan fingerprint density at radius 3 is 2.83 bits per heavy atom. The molecule has 0 spiro atoms. The molecule has 24 heavy (non-hydrogen) atoms. The lowest BCUT2D eigenvalue weighted by atomic mass is 10.0. The number of aryl methyl sites for hydroxylation is 1. The molecule has 0 aliphatic carbocycles. The number of likely N-dealkylation sites (N-methyl/N-ethyl adjacent to an activating group) is 1. The molecular formula is C18H25N3O3. The Kier molecular flexibility index (Phi) is 7.80. The molecule has 6 heteroatoms. The molecule has 0 saturated carbocycles. The van der Waals surface area contributed by atoms with Gasteiger partial charge in [-0.05, 0) is 26.8 Å². The number of hydrogen-bond acceptors (Lipinski definition) is 5. The van der Waals surface area contributed by atoms with Gasteiger partial charge in [0.2, 0.25) is 0 Å². The first-order valence-corrected chi connectivity index (χ1v) is 7.90. The zero-order valence-electron chi connectivity index (χ0n) is 14.7. The molecule has 1 rings (SSSR count). The number of hydrogen-bond donors (Lipinski definition) is 2. The second-order valence-corrected chi connectivity index (χ2v) is 5.53. The van der Waals surface area contributed by atoms with Crippen molar-refractivity contribution in [3.8, 4) is 11.8 Å². The Labute approximate surface area is 143 Å². The predicted octanol–water partition coefficient (Wildman–Crippen LogP) is 1.90. The molecule has 0 heterocycles. The molecule has 0 aliphatic rings. The Morgan fingerprint density at radius 2 is 2.25 bits per heavy atom. The maximum atomic E-state index is 12.3. The maximum Gasteiger partial charge on any atom is 0.263 e. The van der Waals surface area contributed by atoms with Gasteiger partial charge in [-0.3, -0.25) is 4.79 Å². The van der Waals surface area contributed by atoms with Gasteiger partial charge in [-0.15, -0.1) is 0 Å². The molecule has 0 aromatic heterocycles. The highest BCUT2D eigenvalue weighted by atomic mass is 16.5. The van der Waals surface area contributed by atoms with Crippen molar-refractivity contribution in [2.75, 3.05) is 26.8 Å². The highest BCUT2D eigenvalue weighted by Crippen LogP contribution is 2.26. The molecule has 1 atom stereocenters. The summed E-state index contributed by atoms with van der Waals surface area (Å²) in [6, 6.07) is 7.38. The summed E-state index contributed by atoms with van der Waals surface area (Å²) in [7, 11) is 1.69. The second kappa shape index (κ2) is 9.58. The fraction of sp³-hybridized carbons (Fsp3) is 0.444. The summed E-state index contributed by atoms with van der Waals surface area (Å²) in [6.45, 7) is 6.55. The summed E-state index contributed by atoms with van der Waals surface area (Å²) in [5, 5.41) is 20.9. The predicted molar refractivity (Wildman–Crippen MR) is 92.3 cm³/mol. The van der Waals surface area contributed by atoms with Gasteiger partial charge in [-0.2, -0.15) is 5.26 Å². The molecule has 0 saturated heterocycles. The summed E-state index contributed by atoms with van der Waals surface area (Å²) in [5.41, 5.74) is 1.92. The van der Waals surface area contributed by atoms with Gasteiger partial charge in [-0.25, -0.2) is 0 Å². The van der Waals surface area contributed by atoms with Gasteiger partial charge in [0, 0.05) is 25.4 Å². The van der Waals surface area contributed by atoms with Crippen molar-refractivity contribution in [2.24, 2.45) is 0 Å². The van der Waals surface area contributed by atoms with Gasteiger partial charge in [0.25, 0.3) is 5.91 Å². The quantitative estimate of drug-likeness (QED) is 0.561. The van der Waals surface area contributed by atoms with Gasteiger partial charge in [0.15, 0.2) is 0 Å². The molecular weight excluding hydrogens is 306 g/mol. The number of aliphatic hydroxyl groups excluding tert-OH is 1. The minimum Gasteiger partial charge on any atom is -0.494 e. The van der Waals surface area contributed by atoms with Gasteiger partial charge < -0.3 is 20.1 Å². The topological polar surface area (TPSA) is 85.6 Å². The molecule has 0 bridgehead atoms. The van der Waals surface area contributed by atoms with Crippen LogP contribution in [0, 0.1) is 18.3 Å². The normalized spacial score (nSPS) is 12.2. The number of nitrogens with zero attached hydrogens (tertiary/aromatic N) is 2. The van der Waals surface area contributed by atoms with Gasteiger partial charge >= 0.3 is 0 Å². The van der Waals surface area contributed by atoms with E-state index in [9.17, 15) is 10.1 Å². The number of rotatable bonds is 8. The summed E-state index contributed by atoms with van der Waals surface area (Å²) in [4.78, 5) is 13.9. The Morgan fingerprint density at radius 1 is 1.54 bits per heavy atom. The molecule has 6 nitrogen and oxygen atoms in total. The Balaban J connectivity index is 2.94. The second-order valence-electron chi connectivity index (χ2n) is 5.53. The SMILES string of the molecule is CCOc1ccc(C)cc1C(C)NC(=O)/C(C#N)=C\N(C)CCO. The number of ether oxygens (including phenoxy) is 1. The van der Waals surface area contributed by atoms with Crippen LogP contribution in [0.25, 0.3) is 0 Å². The number of nitrogens with one attached hydrogen (secondary N) is 1. The lowest BCUT2D eigenvalue weighted by Crippen LogP contribution is -2.29. The van der Waals surface area contributed by atoms with Crippen LogP contribution >= 0.6 is 0 Å². The van der Waals surface area contributed by atoms with Crippen molar-refractivity contribution >= 4 is 5.91 Å². The minimum absolute atomic E-state index is 0.0107. The first-order chi connectivity index (χ1) is 11.4.